The fourth-order valence-electron chi connectivity index (χ4n) is 5.42. The minimum atomic E-state index is -0.476. The Hall–Kier alpha value is -1.85. The average Bonchev–Trinajstić information content (AvgIpc) is 3.71. The van der Waals surface area contributed by atoms with Crippen molar-refractivity contribution in [2.24, 2.45) is 0 Å². The molecule has 3 fully saturated rings. The summed E-state index contributed by atoms with van der Waals surface area (Å²) in [6.45, 7) is 24.5. The molecule has 11 heteroatoms. The van der Waals surface area contributed by atoms with Crippen molar-refractivity contribution in [3.63, 3.8) is 0 Å². The predicted molar refractivity (Wildman–Crippen MR) is 193 cm³/mol. The van der Waals surface area contributed by atoms with E-state index in [0.29, 0.717) is 0 Å². The Morgan fingerprint density at radius 2 is 1.11 bits per heavy atom. The highest BCUT2D eigenvalue weighted by molar-refractivity contribution is 9.10. The first kappa shape index (κ1) is 35.5. The van der Waals surface area contributed by atoms with Crippen LogP contribution in [0.15, 0.2) is 59.2 Å². The third-order valence-electron chi connectivity index (χ3n) is 10.6. The number of hydrogen-bond acceptors (Lipinski definition) is 6. The second kappa shape index (κ2) is 12.2. The molecule has 4 heterocycles. The minimum Gasteiger partial charge on any atom is -0.405 e. The lowest BCUT2D eigenvalue weighted by atomic mass is 9.49. The largest absolute Gasteiger partial charge is 0.494 e. The van der Waals surface area contributed by atoms with Gasteiger partial charge in [-0.15, -0.1) is 0 Å². The van der Waals surface area contributed by atoms with Crippen LogP contribution in [0.4, 0.5) is 0 Å². The van der Waals surface area contributed by atoms with E-state index in [1.807, 2.05) is 61.6 Å². The molecule has 3 aliphatic heterocycles. The Kier molecular flexibility index (Phi) is 9.44. The number of hydrogen-bond donors (Lipinski definition) is 1. The van der Waals surface area contributed by atoms with Gasteiger partial charge < -0.3 is 32.9 Å². The van der Waals surface area contributed by atoms with Crippen LogP contribution >= 0.6 is 15.9 Å². The molecule has 7 rings (SSSR count). The van der Waals surface area contributed by atoms with Gasteiger partial charge in [0, 0.05) is 16.2 Å². The fraction of sp³-hybridized carbons (Fsp3) is 0.543. The summed E-state index contributed by atoms with van der Waals surface area (Å²) in [5.41, 5.74) is 2.98. The summed E-state index contributed by atoms with van der Waals surface area (Å²) >= 11 is 3.43. The monoisotopic (exact) mass is 691 g/mol. The van der Waals surface area contributed by atoms with E-state index in [1.165, 1.54) is 16.5 Å². The quantitative estimate of drug-likeness (QED) is 0.278. The van der Waals surface area contributed by atoms with Gasteiger partial charge in [-0.1, -0.05) is 46.3 Å². The number of allylic oxidation sites excluding steroid dienone is 1. The molecular formula is C35H49B3BrNO6. The molecule has 2 aromatic carbocycles. The predicted octanol–water partition coefficient (Wildman–Crippen LogP) is 7.73. The van der Waals surface area contributed by atoms with Crippen LogP contribution in [0, 0.1) is 0 Å². The van der Waals surface area contributed by atoms with E-state index in [4.69, 9.17) is 27.9 Å². The van der Waals surface area contributed by atoms with Crippen LogP contribution < -0.4 is 5.46 Å². The highest BCUT2D eigenvalue weighted by Gasteiger charge is 2.63. The number of halogens is 1. The highest BCUT2D eigenvalue weighted by Crippen LogP contribution is 2.43. The summed E-state index contributed by atoms with van der Waals surface area (Å²) in [5, 5.41) is 1.18. The Labute approximate surface area is 285 Å². The molecule has 0 bridgehead atoms. The summed E-state index contributed by atoms with van der Waals surface area (Å²) in [5.74, 6) is 0. The SMILES string of the molecule is Brc1ccc2c(c1)C=CC2.CC1(C)OB(B2OC(C)(C)C(C)(C)O2)OC1(C)C.CC1(C)OB(c2ccc3[nH]ccc3c2)OC1(C)C. The van der Waals surface area contributed by atoms with Gasteiger partial charge in [-0.3, -0.25) is 0 Å². The van der Waals surface area contributed by atoms with Crippen molar-refractivity contribution in [2.45, 2.75) is 123 Å². The van der Waals surface area contributed by atoms with Gasteiger partial charge in [0.15, 0.2) is 0 Å². The molecule has 1 N–H and O–H groups in total. The van der Waals surface area contributed by atoms with Crippen LogP contribution in [-0.2, 0) is 34.3 Å². The topological polar surface area (TPSA) is 71.2 Å². The number of aromatic amines is 1. The first-order chi connectivity index (χ1) is 21.1. The van der Waals surface area contributed by atoms with Crippen LogP contribution in [0.1, 0.15) is 94.2 Å². The van der Waals surface area contributed by atoms with Crippen LogP contribution in [0.2, 0.25) is 0 Å². The van der Waals surface area contributed by atoms with Crippen molar-refractivity contribution in [1.82, 2.24) is 4.98 Å². The van der Waals surface area contributed by atoms with E-state index in [1.54, 1.807) is 0 Å². The van der Waals surface area contributed by atoms with Crippen molar-refractivity contribution in [3.8, 4) is 0 Å². The maximum Gasteiger partial charge on any atom is 0.494 e. The molecule has 0 atom stereocenters. The molecule has 0 unspecified atom stereocenters. The molecule has 0 spiro atoms. The fourth-order valence-corrected chi connectivity index (χ4v) is 5.80. The van der Waals surface area contributed by atoms with E-state index in [9.17, 15) is 0 Å². The number of aromatic nitrogens is 1. The van der Waals surface area contributed by atoms with Crippen molar-refractivity contribution in [3.05, 3.63) is 70.3 Å². The summed E-state index contributed by atoms with van der Waals surface area (Å²) < 4.78 is 37.1. The smallest absolute Gasteiger partial charge is 0.405 e. The van der Waals surface area contributed by atoms with Crippen LogP contribution in [-0.4, -0.2) is 59.7 Å². The molecule has 46 heavy (non-hydrogen) atoms. The van der Waals surface area contributed by atoms with E-state index >= 15 is 0 Å². The van der Waals surface area contributed by atoms with Crippen LogP contribution in [0.3, 0.4) is 0 Å². The van der Waals surface area contributed by atoms with Crippen LogP contribution in [0.25, 0.3) is 17.0 Å². The second-order valence-corrected chi connectivity index (χ2v) is 16.5. The zero-order chi connectivity index (χ0) is 33.9. The molecule has 1 aromatic heterocycles. The molecule has 0 saturated carbocycles. The van der Waals surface area contributed by atoms with E-state index < -0.39 is 14.0 Å². The molecule has 7 nitrogen and oxygen atoms in total. The number of nitrogens with one attached hydrogen (secondary N) is 1. The lowest BCUT2D eigenvalue weighted by Gasteiger charge is -2.32. The highest BCUT2D eigenvalue weighted by atomic mass is 79.9. The number of H-pyrrole nitrogens is 1. The lowest BCUT2D eigenvalue weighted by molar-refractivity contribution is 0.00578. The van der Waals surface area contributed by atoms with Crippen LogP contribution in [0.5, 0.6) is 0 Å². The summed E-state index contributed by atoms with van der Waals surface area (Å²) in [7, 11) is -1.23. The minimum absolute atomic E-state index is 0.283. The molecule has 3 aromatic rings. The van der Waals surface area contributed by atoms with Gasteiger partial charge in [0.1, 0.15) is 0 Å². The average molecular weight is 692 g/mol. The van der Waals surface area contributed by atoms with Gasteiger partial charge in [0.05, 0.1) is 33.6 Å². The van der Waals surface area contributed by atoms with E-state index in [0.717, 1.165) is 21.9 Å². The molecule has 1 aliphatic carbocycles. The Balaban J connectivity index is 0.000000142. The molecular weight excluding hydrogens is 643 g/mol. The normalized spacial score (nSPS) is 24.0. The maximum absolute atomic E-state index is 6.04. The molecule has 4 aliphatic rings. The van der Waals surface area contributed by atoms with E-state index in [2.05, 4.69) is 103 Å². The zero-order valence-corrected chi connectivity index (χ0v) is 31.1. The Morgan fingerprint density at radius 1 is 0.609 bits per heavy atom. The maximum atomic E-state index is 6.04. The number of rotatable bonds is 2. The summed E-state index contributed by atoms with van der Waals surface area (Å²) in [6.07, 6.45) is 7.40. The second-order valence-electron chi connectivity index (χ2n) is 15.6. The van der Waals surface area contributed by atoms with Crippen molar-refractivity contribution < 1.29 is 27.9 Å². The van der Waals surface area contributed by atoms with Gasteiger partial charge in [-0.25, -0.2) is 0 Å². The van der Waals surface area contributed by atoms with Crippen molar-refractivity contribution in [1.29, 1.82) is 0 Å². The van der Waals surface area contributed by atoms with Crippen molar-refractivity contribution in [2.75, 3.05) is 0 Å². The lowest BCUT2D eigenvalue weighted by Crippen LogP contribution is -2.41. The van der Waals surface area contributed by atoms with E-state index in [-0.39, 0.29) is 40.7 Å². The Bertz CT molecular complexity index is 1520. The summed E-state index contributed by atoms with van der Waals surface area (Å²) in [6, 6.07) is 14.7. The third kappa shape index (κ3) is 6.98. The molecule has 0 amide bonds. The van der Waals surface area contributed by atoms with Gasteiger partial charge in [0.2, 0.25) is 0 Å². The number of benzene rings is 2. The standard InChI is InChI=1S/C14H18BNO2.C12H24B2O4.C9H7Br/c1-13(2)14(3,4)18-15(17-13)11-5-6-12-10(9-11)7-8-16-12;1-9(2)10(3,4)16-13(15-9)14-17-11(5,6)12(7,8)18-14;10-9-5-4-7-2-1-3-8(7)6-9/h5-9,16H,1-4H3;1-8H3;1,3-6H,2H2. The Morgan fingerprint density at radius 3 is 1.63 bits per heavy atom. The molecule has 246 valence electrons. The summed E-state index contributed by atoms with van der Waals surface area (Å²) in [4.78, 5) is 3.19. The molecule has 0 radical (unpaired) electrons. The third-order valence-corrected chi connectivity index (χ3v) is 11.1. The van der Waals surface area contributed by atoms with Gasteiger partial charge in [0.25, 0.3) is 0 Å². The zero-order valence-electron chi connectivity index (χ0n) is 29.5. The first-order valence-corrected chi connectivity index (χ1v) is 17.0. The van der Waals surface area contributed by atoms with Gasteiger partial charge in [-0.2, -0.15) is 0 Å². The molecule has 3 saturated heterocycles. The van der Waals surface area contributed by atoms with Gasteiger partial charge in [-0.05, 0) is 136 Å². The number of fused-ring (bicyclic) bond motifs is 2. The first-order valence-electron chi connectivity index (χ1n) is 16.2. The van der Waals surface area contributed by atoms with Gasteiger partial charge >= 0.3 is 21.1 Å². The van der Waals surface area contributed by atoms with Crippen molar-refractivity contribution >= 4 is 59.5 Å².